The highest BCUT2D eigenvalue weighted by Crippen LogP contribution is 2.17. The lowest BCUT2D eigenvalue weighted by Crippen LogP contribution is -2.11. The molecule has 0 unspecified atom stereocenters. The van der Waals surface area contributed by atoms with E-state index < -0.39 is 0 Å². The van der Waals surface area contributed by atoms with Gasteiger partial charge in [-0.25, -0.2) is 4.98 Å². The van der Waals surface area contributed by atoms with Crippen molar-refractivity contribution in [3.8, 4) is 0 Å². The van der Waals surface area contributed by atoms with Gasteiger partial charge in [-0.3, -0.25) is 0 Å². The lowest BCUT2D eigenvalue weighted by atomic mass is 10.0. The highest BCUT2D eigenvalue weighted by Gasteiger charge is 2.06. The molecule has 0 saturated carbocycles. The van der Waals surface area contributed by atoms with Gasteiger partial charge < -0.3 is 9.40 Å². The monoisotopic (exact) mass is 265 g/mol. The van der Waals surface area contributed by atoms with E-state index in [-0.39, 0.29) is 0 Å². The fraction of sp³-hybridized carbons (Fsp3) is 0.125. The summed E-state index contributed by atoms with van der Waals surface area (Å²) in [5, 5.41) is 6.56. The lowest BCUT2D eigenvalue weighted by molar-refractivity contribution is 0.212. The first-order valence-corrected chi connectivity index (χ1v) is 6.42. The molecule has 2 aromatic carbocycles. The zero-order valence-corrected chi connectivity index (χ0v) is 11.2. The van der Waals surface area contributed by atoms with Crippen molar-refractivity contribution in [2.24, 2.45) is 5.16 Å². The quantitative estimate of drug-likeness (QED) is 0.537. The lowest BCUT2D eigenvalue weighted by Gasteiger charge is -2.08. The van der Waals surface area contributed by atoms with E-state index in [1.54, 1.807) is 19.6 Å². The molecule has 4 heteroatoms. The Morgan fingerprint density at radius 3 is 2.80 bits per heavy atom. The number of rotatable bonds is 4. The SMILES string of the molecule is CO/N=C(\Cn1ccnc1)c1ccc2ccccc2c1. The molecular weight excluding hydrogens is 250 g/mol. The summed E-state index contributed by atoms with van der Waals surface area (Å²) in [4.78, 5) is 9.02. The van der Waals surface area contributed by atoms with E-state index in [2.05, 4.69) is 40.5 Å². The highest BCUT2D eigenvalue weighted by molar-refractivity contribution is 6.03. The smallest absolute Gasteiger partial charge is 0.107 e. The van der Waals surface area contributed by atoms with Gasteiger partial charge in [-0.1, -0.05) is 41.6 Å². The summed E-state index contributed by atoms with van der Waals surface area (Å²) in [7, 11) is 1.56. The summed E-state index contributed by atoms with van der Waals surface area (Å²) < 4.78 is 1.97. The molecule has 1 aromatic heterocycles. The maximum atomic E-state index is 4.97. The molecule has 0 atom stereocenters. The molecule has 1 heterocycles. The van der Waals surface area contributed by atoms with Crippen LogP contribution in [0.2, 0.25) is 0 Å². The van der Waals surface area contributed by atoms with Crippen molar-refractivity contribution in [1.29, 1.82) is 0 Å². The van der Waals surface area contributed by atoms with Gasteiger partial charge in [-0.2, -0.15) is 0 Å². The maximum absolute atomic E-state index is 4.97. The van der Waals surface area contributed by atoms with Gasteiger partial charge in [0.1, 0.15) is 12.8 Å². The first-order chi connectivity index (χ1) is 9.86. The Hall–Kier alpha value is -2.62. The average molecular weight is 265 g/mol. The molecule has 0 aliphatic carbocycles. The van der Waals surface area contributed by atoms with Crippen LogP contribution < -0.4 is 0 Å². The Bertz CT molecular complexity index is 732. The van der Waals surface area contributed by atoms with Gasteiger partial charge in [0.05, 0.1) is 12.9 Å². The molecule has 0 aliphatic rings. The Balaban J connectivity index is 1.98. The minimum atomic E-state index is 0.631. The second-order valence-electron chi connectivity index (χ2n) is 4.52. The normalized spacial score (nSPS) is 11.8. The number of imidazole rings is 1. The van der Waals surface area contributed by atoms with Crippen molar-refractivity contribution in [2.75, 3.05) is 7.11 Å². The van der Waals surface area contributed by atoms with Crippen LogP contribution in [0, 0.1) is 0 Å². The van der Waals surface area contributed by atoms with Gasteiger partial charge in [0, 0.05) is 18.0 Å². The molecule has 3 rings (SSSR count). The minimum absolute atomic E-state index is 0.631. The van der Waals surface area contributed by atoms with Crippen LogP contribution in [0.3, 0.4) is 0 Å². The molecular formula is C16H15N3O. The predicted molar refractivity (Wildman–Crippen MR) is 79.7 cm³/mol. The van der Waals surface area contributed by atoms with Gasteiger partial charge in [-0.15, -0.1) is 0 Å². The number of benzene rings is 2. The fourth-order valence-corrected chi connectivity index (χ4v) is 2.21. The predicted octanol–water partition coefficient (Wildman–Crippen LogP) is 3.09. The van der Waals surface area contributed by atoms with E-state index in [1.807, 2.05) is 22.9 Å². The van der Waals surface area contributed by atoms with E-state index in [0.717, 1.165) is 11.3 Å². The van der Waals surface area contributed by atoms with Crippen LogP contribution in [0.25, 0.3) is 10.8 Å². The van der Waals surface area contributed by atoms with Crippen molar-refractivity contribution in [3.63, 3.8) is 0 Å². The third-order valence-corrected chi connectivity index (χ3v) is 3.18. The Morgan fingerprint density at radius 2 is 2.05 bits per heavy atom. The molecule has 0 saturated heterocycles. The topological polar surface area (TPSA) is 39.4 Å². The van der Waals surface area contributed by atoms with Crippen molar-refractivity contribution in [3.05, 3.63) is 66.7 Å². The standard InChI is InChI=1S/C16H15N3O/c1-20-18-16(11-19-9-8-17-12-19)15-7-6-13-4-2-3-5-14(13)10-15/h2-10,12H,11H2,1H3/b18-16+. The van der Waals surface area contributed by atoms with Gasteiger partial charge in [0.15, 0.2) is 0 Å². The molecule has 20 heavy (non-hydrogen) atoms. The summed E-state index contributed by atoms with van der Waals surface area (Å²) >= 11 is 0. The van der Waals surface area contributed by atoms with Crippen LogP contribution in [0.1, 0.15) is 5.56 Å². The molecule has 0 fully saturated rings. The van der Waals surface area contributed by atoms with Crippen LogP contribution in [0.5, 0.6) is 0 Å². The number of hydrogen-bond donors (Lipinski definition) is 0. The van der Waals surface area contributed by atoms with Crippen LogP contribution in [-0.4, -0.2) is 22.4 Å². The van der Waals surface area contributed by atoms with Crippen molar-refractivity contribution in [2.45, 2.75) is 6.54 Å². The highest BCUT2D eigenvalue weighted by atomic mass is 16.6. The van der Waals surface area contributed by atoms with Crippen molar-refractivity contribution in [1.82, 2.24) is 9.55 Å². The van der Waals surface area contributed by atoms with Gasteiger partial charge >= 0.3 is 0 Å². The first-order valence-electron chi connectivity index (χ1n) is 6.42. The second kappa shape index (κ2) is 5.57. The second-order valence-corrected chi connectivity index (χ2v) is 4.52. The largest absolute Gasteiger partial charge is 0.399 e. The number of hydrogen-bond acceptors (Lipinski definition) is 3. The average Bonchev–Trinajstić information content (AvgIpc) is 2.99. The summed E-state index contributed by atoms with van der Waals surface area (Å²) in [6.45, 7) is 0.631. The number of nitrogens with zero attached hydrogens (tertiary/aromatic N) is 3. The summed E-state index contributed by atoms with van der Waals surface area (Å²) in [6, 6.07) is 14.6. The molecule has 0 radical (unpaired) electrons. The fourth-order valence-electron chi connectivity index (χ4n) is 2.21. The number of aromatic nitrogens is 2. The minimum Gasteiger partial charge on any atom is -0.399 e. The molecule has 100 valence electrons. The zero-order valence-electron chi connectivity index (χ0n) is 11.2. The zero-order chi connectivity index (χ0) is 13.8. The van der Waals surface area contributed by atoms with Crippen LogP contribution >= 0.6 is 0 Å². The van der Waals surface area contributed by atoms with Crippen LogP contribution in [-0.2, 0) is 11.4 Å². The molecule has 4 nitrogen and oxygen atoms in total. The summed E-state index contributed by atoms with van der Waals surface area (Å²) in [6.07, 6.45) is 5.43. The maximum Gasteiger partial charge on any atom is 0.107 e. The molecule has 3 aromatic rings. The Kier molecular flexibility index (Phi) is 3.46. The number of fused-ring (bicyclic) bond motifs is 1. The third kappa shape index (κ3) is 2.54. The van der Waals surface area contributed by atoms with Crippen molar-refractivity contribution < 1.29 is 4.84 Å². The van der Waals surface area contributed by atoms with E-state index in [9.17, 15) is 0 Å². The Morgan fingerprint density at radius 1 is 1.20 bits per heavy atom. The summed E-state index contributed by atoms with van der Waals surface area (Å²) in [5.74, 6) is 0. The van der Waals surface area contributed by atoms with E-state index >= 15 is 0 Å². The third-order valence-electron chi connectivity index (χ3n) is 3.18. The molecule has 0 aliphatic heterocycles. The van der Waals surface area contributed by atoms with E-state index in [1.165, 1.54) is 10.8 Å². The van der Waals surface area contributed by atoms with Crippen LogP contribution in [0.4, 0.5) is 0 Å². The van der Waals surface area contributed by atoms with E-state index in [4.69, 9.17) is 4.84 Å². The van der Waals surface area contributed by atoms with Gasteiger partial charge in [0.25, 0.3) is 0 Å². The molecule has 0 amide bonds. The van der Waals surface area contributed by atoms with Crippen LogP contribution in [0.15, 0.2) is 66.3 Å². The van der Waals surface area contributed by atoms with E-state index in [0.29, 0.717) is 6.54 Å². The first kappa shape index (κ1) is 12.4. The van der Waals surface area contributed by atoms with Gasteiger partial charge in [0.2, 0.25) is 0 Å². The Labute approximate surface area is 117 Å². The summed E-state index contributed by atoms with van der Waals surface area (Å²) in [5.41, 5.74) is 1.93. The molecule has 0 N–H and O–H groups in total. The molecule has 0 bridgehead atoms. The van der Waals surface area contributed by atoms with Gasteiger partial charge in [-0.05, 0) is 16.8 Å². The van der Waals surface area contributed by atoms with Crippen molar-refractivity contribution >= 4 is 16.5 Å². The number of oxime groups is 1. The molecule has 0 spiro atoms.